The molecule has 2 N–H and O–H groups in total. The molecule has 2 amide bonds. The third kappa shape index (κ3) is 5.25. The summed E-state index contributed by atoms with van der Waals surface area (Å²) in [6, 6.07) is -1.38. The number of ether oxygens (including phenoxy) is 2. The number of piperidine rings is 2. The highest BCUT2D eigenvalue weighted by atomic mass is 16.6. The Bertz CT molecular complexity index is 818. The molecule has 4 fully saturated rings. The number of carbonyl (C=O) groups excluding carboxylic acids is 2. The summed E-state index contributed by atoms with van der Waals surface area (Å²) in [6.07, 6.45) is 1.83. The second-order valence-corrected chi connectivity index (χ2v) is 12.6. The molecule has 10 nitrogen and oxygen atoms in total. The number of hydrogen-bond acceptors (Lipinski definition) is 6. The van der Waals surface area contributed by atoms with Gasteiger partial charge in [0.05, 0.1) is 0 Å². The normalized spacial score (nSPS) is 35.4. The van der Waals surface area contributed by atoms with Gasteiger partial charge in [0.25, 0.3) is 0 Å². The fourth-order valence-electron chi connectivity index (χ4n) is 5.14. The van der Waals surface area contributed by atoms with Crippen molar-refractivity contribution in [2.45, 2.75) is 116 Å². The maximum atomic E-state index is 12.0. The summed E-state index contributed by atoms with van der Waals surface area (Å²) >= 11 is 0. The van der Waals surface area contributed by atoms with Crippen molar-refractivity contribution in [2.24, 2.45) is 10.8 Å². The number of amides is 2. The van der Waals surface area contributed by atoms with Gasteiger partial charge in [0.15, 0.2) is 0 Å². The van der Waals surface area contributed by atoms with E-state index in [2.05, 4.69) is 0 Å². The van der Waals surface area contributed by atoms with Gasteiger partial charge in [-0.25, -0.2) is 19.2 Å². The van der Waals surface area contributed by atoms with Crippen molar-refractivity contribution in [1.29, 1.82) is 0 Å². The number of carbonyl (C=O) groups is 4. The Labute approximate surface area is 200 Å². The summed E-state index contributed by atoms with van der Waals surface area (Å²) in [5.41, 5.74) is -1.21. The molecule has 192 valence electrons. The molecule has 0 spiro atoms. The van der Waals surface area contributed by atoms with Crippen molar-refractivity contribution in [3.05, 3.63) is 0 Å². The zero-order valence-electron chi connectivity index (χ0n) is 21.4. The minimum absolute atomic E-state index is 0.0139. The van der Waals surface area contributed by atoms with E-state index in [0.29, 0.717) is 12.8 Å². The molecule has 4 rings (SSSR count). The summed E-state index contributed by atoms with van der Waals surface area (Å²) in [7, 11) is 0. The van der Waals surface area contributed by atoms with E-state index < -0.39 is 47.4 Å². The number of nitrogens with zero attached hydrogens (tertiary/aromatic N) is 2. The van der Waals surface area contributed by atoms with Crippen LogP contribution in [0.4, 0.5) is 9.59 Å². The van der Waals surface area contributed by atoms with Crippen molar-refractivity contribution >= 4 is 24.1 Å². The zero-order valence-corrected chi connectivity index (χ0v) is 21.4. The largest absolute Gasteiger partial charge is 0.480 e. The van der Waals surface area contributed by atoms with Gasteiger partial charge < -0.3 is 19.7 Å². The molecular weight excluding hydrogens is 444 g/mol. The molecule has 0 unspecified atom stereocenters. The average Bonchev–Trinajstić information content (AvgIpc) is 3.40. The Morgan fingerprint density at radius 3 is 1.21 bits per heavy atom. The third-order valence-corrected chi connectivity index (χ3v) is 7.05. The molecule has 2 saturated carbocycles. The monoisotopic (exact) mass is 482 g/mol. The molecule has 4 aliphatic rings. The Hall–Kier alpha value is -2.52. The predicted molar refractivity (Wildman–Crippen MR) is 121 cm³/mol. The standard InChI is InChI=1S/2C12H19NO4/c2*1-11(2,3)17-10(16)13-7(9(14)15)5-12(4)6-8(12)13/h2*7-8H,5-6H2,1-4H3,(H,14,15)/t7-,8+,12-;7-,8-,12+/m00/s1. The van der Waals surface area contributed by atoms with Gasteiger partial charge >= 0.3 is 24.1 Å². The molecule has 6 atom stereocenters. The van der Waals surface area contributed by atoms with Gasteiger partial charge in [-0.1, -0.05) is 13.8 Å². The summed E-state index contributed by atoms with van der Waals surface area (Å²) in [4.78, 5) is 49.1. The summed E-state index contributed by atoms with van der Waals surface area (Å²) in [5, 5.41) is 18.3. The van der Waals surface area contributed by atoms with Gasteiger partial charge in [-0.05, 0) is 78.1 Å². The van der Waals surface area contributed by atoms with E-state index in [-0.39, 0.29) is 22.9 Å². The topological polar surface area (TPSA) is 134 Å². The fourth-order valence-corrected chi connectivity index (χ4v) is 5.14. The smallest absolute Gasteiger partial charge is 0.411 e. The predicted octanol–water partition coefficient (Wildman–Crippen LogP) is 3.72. The Balaban J connectivity index is 0.000000191. The highest BCUT2D eigenvalue weighted by molar-refractivity contribution is 5.83. The Morgan fingerprint density at radius 2 is 0.971 bits per heavy atom. The van der Waals surface area contributed by atoms with E-state index in [0.717, 1.165) is 12.8 Å². The first-order chi connectivity index (χ1) is 15.3. The van der Waals surface area contributed by atoms with Crippen molar-refractivity contribution in [3.63, 3.8) is 0 Å². The first-order valence-corrected chi connectivity index (χ1v) is 11.8. The van der Waals surface area contributed by atoms with Crippen LogP contribution in [0.2, 0.25) is 0 Å². The quantitative estimate of drug-likeness (QED) is 0.608. The number of likely N-dealkylation sites (tertiary alicyclic amines) is 2. The number of rotatable bonds is 2. The second kappa shape index (κ2) is 8.02. The van der Waals surface area contributed by atoms with Gasteiger partial charge in [-0.2, -0.15) is 0 Å². The van der Waals surface area contributed by atoms with Crippen molar-refractivity contribution in [2.75, 3.05) is 0 Å². The fraction of sp³-hybridized carbons (Fsp3) is 0.833. The molecule has 0 aromatic carbocycles. The van der Waals surface area contributed by atoms with Crippen molar-refractivity contribution < 1.29 is 38.9 Å². The minimum Gasteiger partial charge on any atom is -0.480 e. The second-order valence-electron chi connectivity index (χ2n) is 12.6. The molecule has 0 radical (unpaired) electrons. The minimum atomic E-state index is -0.940. The SMILES string of the molecule is CC(C)(C)OC(=O)N1[C@H](C(=O)O)C[C@@]2(C)C[C@@H]12.CC(C)(C)OC(=O)N1[C@H]2C[C@@]2(C)C[C@H]1C(=O)O. The molecule has 0 aromatic rings. The molecular formula is C24H38N2O8. The van der Waals surface area contributed by atoms with Crippen LogP contribution in [0.15, 0.2) is 0 Å². The van der Waals surface area contributed by atoms with Crippen LogP contribution in [-0.2, 0) is 19.1 Å². The van der Waals surface area contributed by atoms with Crippen LogP contribution >= 0.6 is 0 Å². The highest BCUT2D eigenvalue weighted by Gasteiger charge is 2.66. The van der Waals surface area contributed by atoms with Crippen LogP contribution in [0, 0.1) is 10.8 Å². The van der Waals surface area contributed by atoms with E-state index >= 15 is 0 Å². The van der Waals surface area contributed by atoms with E-state index in [1.165, 1.54) is 9.80 Å². The lowest BCUT2D eigenvalue weighted by Gasteiger charge is -2.28. The van der Waals surface area contributed by atoms with E-state index in [4.69, 9.17) is 19.7 Å². The lowest BCUT2D eigenvalue weighted by Crippen LogP contribution is -2.45. The number of aliphatic carboxylic acids is 2. The summed E-state index contributed by atoms with van der Waals surface area (Å²) < 4.78 is 10.5. The van der Waals surface area contributed by atoms with Gasteiger partial charge in [0, 0.05) is 12.1 Å². The number of hydrogen-bond donors (Lipinski definition) is 2. The third-order valence-electron chi connectivity index (χ3n) is 7.05. The summed E-state index contributed by atoms with van der Waals surface area (Å²) in [6.45, 7) is 14.7. The van der Waals surface area contributed by atoms with Gasteiger partial charge in [0.1, 0.15) is 23.3 Å². The molecule has 10 heteroatoms. The molecule has 0 bridgehead atoms. The molecule has 34 heavy (non-hydrogen) atoms. The Morgan fingerprint density at radius 1 is 0.676 bits per heavy atom. The number of fused-ring (bicyclic) bond motifs is 2. The van der Waals surface area contributed by atoms with E-state index in [9.17, 15) is 19.2 Å². The van der Waals surface area contributed by atoms with E-state index in [1.54, 1.807) is 41.5 Å². The van der Waals surface area contributed by atoms with Crippen molar-refractivity contribution in [1.82, 2.24) is 9.80 Å². The van der Waals surface area contributed by atoms with Crippen LogP contribution < -0.4 is 0 Å². The van der Waals surface area contributed by atoms with Crippen LogP contribution in [0.5, 0.6) is 0 Å². The number of carboxylic acid groups (broad SMARTS) is 2. The first kappa shape index (κ1) is 26.1. The highest BCUT2D eigenvalue weighted by Crippen LogP contribution is 2.60. The molecule has 2 heterocycles. The molecule has 0 aromatic heterocycles. The van der Waals surface area contributed by atoms with E-state index in [1.807, 2.05) is 13.8 Å². The van der Waals surface area contributed by atoms with Crippen LogP contribution in [0.3, 0.4) is 0 Å². The maximum Gasteiger partial charge on any atom is 0.411 e. The zero-order chi connectivity index (χ0) is 26.0. The lowest BCUT2D eigenvalue weighted by atomic mass is 10.0. The average molecular weight is 483 g/mol. The maximum absolute atomic E-state index is 12.0. The van der Waals surface area contributed by atoms with Gasteiger partial charge in [-0.3, -0.25) is 9.80 Å². The van der Waals surface area contributed by atoms with Crippen LogP contribution in [0.1, 0.15) is 81.1 Å². The van der Waals surface area contributed by atoms with Gasteiger partial charge in [0.2, 0.25) is 0 Å². The van der Waals surface area contributed by atoms with Crippen LogP contribution in [-0.4, -0.2) is 79.5 Å². The first-order valence-electron chi connectivity index (χ1n) is 11.8. The Kier molecular flexibility index (Phi) is 6.15. The summed E-state index contributed by atoms with van der Waals surface area (Å²) in [5.74, 6) is -1.88. The molecule has 2 aliphatic heterocycles. The van der Waals surface area contributed by atoms with Crippen LogP contribution in [0.25, 0.3) is 0 Å². The number of carboxylic acids is 2. The molecule has 2 aliphatic carbocycles. The van der Waals surface area contributed by atoms with Crippen molar-refractivity contribution in [3.8, 4) is 0 Å². The van der Waals surface area contributed by atoms with Gasteiger partial charge in [-0.15, -0.1) is 0 Å². The lowest BCUT2D eigenvalue weighted by molar-refractivity contribution is -0.143. The molecule has 2 saturated heterocycles.